The molecule has 0 radical (unpaired) electrons. The first-order valence-electron chi connectivity index (χ1n) is 15.0. The number of hydrogen-bond donors (Lipinski definition) is 7. The predicted octanol–water partition coefficient (Wildman–Crippen LogP) is 2.51. The highest BCUT2D eigenvalue weighted by molar-refractivity contribution is 5.96. The number of hydrogen-bond acceptors (Lipinski definition) is 9. The summed E-state index contributed by atoms with van der Waals surface area (Å²) in [5, 5.41) is 15.5. The van der Waals surface area contributed by atoms with Gasteiger partial charge in [-0.1, -0.05) is 6.92 Å². The number of guanidine groups is 1. The number of aromatic nitrogens is 3. The number of carboxylic acid groups (broad SMARTS) is 1. The molecule has 19 heteroatoms. The van der Waals surface area contributed by atoms with Crippen molar-refractivity contribution in [1.82, 2.24) is 25.0 Å². The highest BCUT2D eigenvalue weighted by atomic mass is 19.3. The number of amides is 2. The van der Waals surface area contributed by atoms with Gasteiger partial charge in [-0.3, -0.25) is 23.8 Å². The van der Waals surface area contributed by atoms with Gasteiger partial charge in [-0.15, -0.1) is 0 Å². The predicted molar refractivity (Wildman–Crippen MR) is 176 cm³/mol. The standard InChI is InChI=1S/C30H34F4N10O3.CH2O2/c1-2-16-14-17(5-6-18(16)27(45)39-10-11-40-28(46)20(35)4-3-9-41-30(36)37)43-25-26-42-15-21(44(26)13-12-38-25)19-7-8-22(47-29(33)34)24(32)23(19)31;2-1-3/h5-8,12-15,20,29H,2-4,9-11,35H2,1H3,(H,38,43)(H,39,45)(H,40,46)(H4,36,37,41);1H,(H,2,3). The number of nitrogens with zero attached hydrogens (tertiary/aromatic N) is 4. The number of nitrogens with one attached hydrogen (secondary N) is 3. The zero-order valence-electron chi connectivity index (χ0n) is 26.7. The van der Waals surface area contributed by atoms with Crippen LogP contribution in [0.25, 0.3) is 16.9 Å². The first-order chi connectivity index (χ1) is 23.9. The van der Waals surface area contributed by atoms with Gasteiger partial charge in [0.25, 0.3) is 12.4 Å². The third-order valence-corrected chi connectivity index (χ3v) is 6.97. The van der Waals surface area contributed by atoms with Crippen LogP contribution in [0.2, 0.25) is 0 Å². The fraction of sp³-hybridized carbons (Fsp3) is 0.290. The van der Waals surface area contributed by atoms with Gasteiger partial charge < -0.3 is 43.0 Å². The minimum Gasteiger partial charge on any atom is -0.483 e. The van der Waals surface area contributed by atoms with Crippen LogP contribution < -0.4 is 37.9 Å². The van der Waals surface area contributed by atoms with Crippen LogP contribution in [0.15, 0.2) is 53.9 Å². The van der Waals surface area contributed by atoms with Gasteiger partial charge in [0.15, 0.2) is 29.0 Å². The average molecular weight is 705 g/mol. The third-order valence-electron chi connectivity index (χ3n) is 6.97. The number of aliphatic imine (C=N–C) groups is 1. The number of benzene rings is 2. The van der Waals surface area contributed by atoms with E-state index >= 15 is 0 Å². The Balaban J connectivity index is 0.00000217. The normalized spacial score (nSPS) is 11.3. The lowest BCUT2D eigenvalue weighted by Gasteiger charge is -2.14. The van der Waals surface area contributed by atoms with Crippen molar-refractivity contribution in [3.63, 3.8) is 0 Å². The molecule has 4 rings (SSSR count). The summed E-state index contributed by atoms with van der Waals surface area (Å²) < 4.78 is 59.8. The van der Waals surface area contributed by atoms with Crippen molar-refractivity contribution in [3.05, 3.63) is 71.7 Å². The molecule has 4 aromatic rings. The van der Waals surface area contributed by atoms with Crippen LogP contribution in [0.1, 0.15) is 35.7 Å². The summed E-state index contributed by atoms with van der Waals surface area (Å²) >= 11 is 0. The van der Waals surface area contributed by atoms with Gasteiger partial charge in [0, 0.05) is 48.8 Å². The SMILES string of the molecule is CCc1cc(Nc2nccn3c(-c4ccc(OC(F)F)c(F)c4F)cnc23)ccc1C(=O)NCCNC(=O)C(N)CCCN=C(N)N.O=CO. The van der Waals surface area contributed by atoms with Crippen LogP contribution in [0, 0.1) is 11.6 Å². The fourth-order valence-electron chi connectivity index (χ4n) is 4.68. The molecule has 0 aliphatic rings. The summed E-state index contributed by atoms with van der Waals surface area (Å²) in [4.78, 5) is 45.9. The number of aryl methyl sites for hydroxylation is 1. The molecule has 2 heterocycles. The van der Waals surface area contributed by atoms with Crippen LogP contribution in [-0.4, -0.2) is 76.0 Å². The summed E-state index contributed by atoms with van der Waals surface area (Å²) in [6.45, 7) is -0.954. The van der Waals surface area contributed by atoms with Gasteiger partial charge in [-0.25, -0.2) is 14.4 Å². The average Bonchev–Trinajstić information content (AvgIpc) is 3.52. The third kappa shape index (κ3) is 10.3. The topological polar surface area (TPSA) is 237 Å². The van der Waals surface area contributed by atoms with E-state index in [-0.39, 0.29) is 60.1 Å². The van der Waals surface area contributed by atoms with Crippen molar-refractivity contribution in [2.75, 3.05) is 25.0 Å². The van der Waals surface area contributed by atoms with E-state index in [9.17, 15) is 27.2 Å². The molecular formula is C31H36F4N10O5. The van der Waals surface area contributed by atoms with Crippen molar-refractivity contribution in [2.24, 2.45) is 22.2 Å². The molecule has 15 nitrogen and oxygen atoms in total. The monoisotopic (exact) mass is 704 g/mol. The Morgan fingerprint density at radius 3 is 2.50 bits per heavy atom. The van der Waals surface area contributed by atoms with Crippen molar-refractivity contribution >= 4 is 41.4 Å². The van der Waals surface area contributed by atoms with Crippen LogP contribution in [-0.2, 0) is 16.0 Å². The molecule has 0 bridgehead atoms. The molecule has 2 aromatic heterocycles. The lowest BCUT2D eigenvalue weighted by Crippen LogP contribution is -2.43. The van der Waals surface area contributed by atoms with Crippen molar-refractivity contribution in [1.29, 1.82) is 0 Å². The Hall–Kier alpha value is -5.98. The summed E-state index contributed by atoms with van der Waals surface area (Å²) in [6.07, 6.45) is 5.66. The molecule has 268 valence electrons. The number of anilines is 2. The summed E-state index contributed by atoms with van der Waals surface area (Å²) in [7, 11) is 0. The molecule has 0 fully saturated rings. The van der Waals surface area contributed by atoms with E-state index in [4.69, 9.17) is 27.1 Å². The summed E-state index contributed by atoms with van der Waals surface area (Å²) in [5.41, 5.74) is 18.3. The maximum absolute atomic E-state index is 14.8. The van der Waals surface area contributed by atoms with Crippen LogP contribution in [0.4, 0.5) is 29.1 Å². The Morgan fingerprint density at radius 2 is 1.82 bits per heavy atom. The number of ether oxygens (including phenoxy) is 1. The molecule has 0 saturated heterocycles. The number of fused-ring (bicyclic) bond motifs is 1. The Kier molecular flexibility index (Phi) is 14.3. The van der Waals surface area contributed by atoms with Gasteiger partial charge in [0.1, 0.15) is 0 Å². The number of rotatable bonds is 15. The molecule has 10 N–H and O–H groups in total. The Bertz CT molecular complexity index is 1820. The molecule has 2 amide bonds. The van der Waals surface area contributed by atoms with E-state index in [0.717, 1.165) is 17.7 Å². The molecule has 0 spiro atoms. The van der Waals surface area contributed by atoms with E-state index in [1.165, 1.54) is 23.0 Å². The zero-order valence-corrected chi connectivity index (χ0v) is 26.7. The molecule has 0 saturated carbocycles. The Morgan fingerprint density at radius 1 is 1.10 bits per heavy atom. The number of halogens is 4. The number of nitrogens with two attached hydrogens (primary N) is 3. The minimum absolute atomic E-state index is 0.0262. The minimum atomic E-state index is -3.31. The van der Waals surface area contributed by atoms with Crippen molar-refractivity contribution in [3.8, 4) is 17.0 Å². The quantitative estimate of drug-likeness (QED) is 0.0312. The lowest BCUT2D eigenvalue weighted by atomic mass is 10.0. The Labute approximate surface area is 282 Å². The number of carbonyl (C=O) groups is 3. The second-order valence-corrected chi connectivity index (χ2v) is 10.3. The van der Waals surface area contributed by atoms with Gasteiger partial charge in [-0.2, -0.15) is 13.2 Å². The van der Waals surface area contributed by atoms with Gasteiger partial charge >= 0.3 is 6.61 Å². The fourth-order valence-corrected chi connectivity index (χ4v) is 4.68. The van der Waals surface area contributed by atoms with Gasteiger partial charge in [-0.05, 0) is 55.2 Å². The number of carbonyl (C=O) groups excluding carboxylic acids is 2. The molecule has 0 aliphatic heterocycles. The van der Waals surface area contributed by atoms with Gasteiger partial charge in [0.2, 0.25) is 11.7 Å². The first-order valence-corrected chi connectivity index (χ1v) is 15.0. The molecule has 50 heavy (non-hydrogen) atoms. The van der Waals surface area contributed by atoms with E-state index in [1.54, 1.807) is 18.2 Å². The largest absolute Gasteiger partial charge is 0.483 e. The van der Waals surface area contributed by atoms with E-state index in [1.807, 2.05) is 6.92 Å². The second kappa shape index (κ2) is 18.5. The zero-order chi connectivity index (χ0) is 36.8. The maximum atomic E-state index is 14.8. The molecular weight excluding hydrogens is 668 g/mol. The molecule has 1 unspecified atom stereocenters. The van der Waals surface area contributed by atoms with E-state index in [2.05, 4.69) is 35.6 Å². The summed E-state index contributed by atoms with van der Waals surface area (Å²) in [5.74, 6) is -4.27. The van der Waals surface area contributed by atoms with Crippen LogP contribution in [0.5, 0.6) is 5.75 Å². The van der Waals surface area contributed by atoms with Crippen molar-refractivity contribution in [2.45, 2.75) is 38.8 Å². The highest BCUT2D eigenvalue weighted by Crippen LogP contribution is 2.32. The summed E-state index contributed by atoms with van der Waals surface area (Å²) in [6, 6.07) is 6.38. The highest BCUT2D eigenvalue weighted by Gasteiger charge is 2.21. The smallest absolute Gasteiger partial charge is 0.387 e. The molecule has 0 aliphatic carbocycles. The molecule has 1 atom stereocenters. The second-order valence-electron chi connectivity index (χ2n) is 10.3. The van der Waals surface area contributed by atoms with Gasteiger partial charge in [0.05, 0.1) is 17.9 Å². The first kappa shape index (κ1) is 38.5. The number of imidazole rings is 1. The van der Waals surface area contributed by atoms with Crippen molar-refractivity contribution < 1.29 is 41.8 Å². The number of alkyl halides is 2. The van der Waals surface area contributed by atoms with E-state index in [0.29, 0.717) is 37.1 Å². The molecule has 2 aromatic carbocycles. The van der Waals surface area contributed by atoms with Crippen LogP contribution in [0.3, 0.4) is 0 Å². The lowest BCUT2D eigenvalue weighted by molar-refractivity contribution is -0.123. The maximum Gasteiger partial charge on any atom is 0.387 e. The van der Waals surface area contributed by atoms with Crippen LogP contribution >= 0.6 is 0 Å². The van der Waals surface area contributed by atoms with E-state index < -0.39 is 30.0 Å².